The second-order valence-corrected chi connectivity index (χ2v) is 6.75. The molecule has 0 spiro atoms. The minimum atomic E-state index is -4.34. The van der Waals surface area contributed by atoms with E-state index >= 15 is 0 Å². The third kappa shape index (κ3) is 4.08. The van der Waals surface area contributed by atoms with Crippen LogP contribution in [0.15, 0.2) is 36.4 Å². The Morgan fingerprint density at radius 3 is 2.32 bits per heavy atom. The van der Waals surface area contributed by atoms with E-state index in [2.05, 4.69) is 0 Å². The van der Waals surface area contributed by atoms with Gasteiger partial charge in [0.05, 0.1) is 25.8 Å². The van der Waals surface area contributed by atoms with E-state index in [1.54, 1.807) is 19.1 Å². The molecule has 0 saturated carbocycles. The number of aryl methyl sites for hydroxylation is 1. The van der Waals surface area contributed by atoms with Crippen LogP contribution in [0.5, 0.6) is 11.5 Å². The lowest BCUT2D eigenvalue weighted by molar-refractivity contribution is -0.137. The first-order valence-corrected chi connectivity index (χ1v) is 8.99. The molecule has 1 unspecified atom stereocenters. The van der Waals surface area contributed by atoms with Crippen LogP contribution in [0.1, 0.15) is 34.7 Å². The number of rotatable bonds is 6. The highest BCUT2D eigenvalue weighted by molar-refractivity contribution is 5.55. The molecule has 7 heteroatoms. The average molecular weight is 393 g/mol. The minimum Gasteiger partial charge on any atom is -0.493 e. The van der Waals surface area contributed by atoms with Gasteiger partial charge in [0.25, 0.3) is 0 Å². The summed E-state index contributed by atoms with van der Waals surface area (Å²) in [7, 11) is 3.13. The molecule has 0 aromatic heterocycles. The van der Waals surface area contributed by atoms with Crippen LogP contribution in [0.4, 0.5) is 13.2 Å². The molecule has 0 bridgehead atoms. The first-order chi connectivity index (χ1) is 13.4. The molecule has 150 valence electrons. The Labute approximate surface area is 161 Å². The zero-order valence-electron chi connectivity index (χ0n) is 15.8. The molecule has 2 aromatic carbocycles. The van der Waals surface area contributed by atoms with Gasteiger partial charge in [-0.25, -0.2) is 0 Å². The number of ether oxygens (including phenoxy) is 2. The summed E-state index contributed by atoms with van der Waals surface area (Å²) in [5, 5.41) is 0. The van der Waals surface area contributed by atoms with Gasteiger partial charge < -0.3 is 14.4 Å². The summed E-state index contributed by atoms with van der Waals surface area (Å²) < 4.78 is 48.9. The number of benzene rings is 2. The van der Waals surface area contributed by atoms with Gasteiger partial charge in [-0.2, -0.15) is 13.2 Å². The lowest BCUT2D eigenvalue weighted by Gasteiger charge is -2.35. The fourth-order valence-electron chi connectivity index (χ4n) is 3.66. The van der Waals surface area contributed by atoms with E-state index in [4.69, 9.17) is 9.47 Å². The van der Waals surface area contributed by atoms with Gasteiger partial charge in [-0.1, -0.05) is 12.1 Å². The van der Waals surface area contributed by atoms with E-state index in [0.29, 0.717) is 37.3 Å². The van der Waals surface area contributed by atoms with Gasteiger partial charge in [0.2, 0.25) is 6.41 Å². The fraction of sp³-hybridized carbons (Fsp3) is 0.381. The molecule has 0 N–H and O–H groups in total. The molecule has 28 heavy (non-hydrogen) atoms. The van der Waals surface area contributed by atoms with Crippen molar-refractivity contribution >= 4 is 6.41 Å². The summed E-state index contributed by atoms with van der Waals surface area (Å²) in [6, 6.07) is 8.83. The van der Waals surface area contributed by atoms with E-state index in [0.717, 1.165) is 35.2 Å². The van der Waals surface area contributed by atoms with Crippen LogP contribution in [0.2, 0.25) is 0 Å². The van der Waals surface area contributed by atoms with E-state index in [1.165, 1.54) is 12.1 Å². The number of methoxy groups -OCH3 is 2. The average Bonchev–Trinajstić information content (AvgIpc) is 2.70. The topological polar surface area (TPSA) is 38.8 Å². The Morgan fingerprint density at radius 2 is 1.75 bits per heavy atom. The second kappa shape index (κ2) is 8.12. The predicted molar refractivity (Wildman–Crippen MR) is 98.5 cm³/mol. The monoisotopic (exact) mass is 393 g/mol. The number of amides is 1. The van der Waals surface area contributed by atoms with Gasteiger partial charge in [0, 0.05) is 6.54 Å². The van der Waals surface area contributed by atoms with Gasteiger partial charge >= 0.3 is 6.18 Å². The van der Waals surface area contributed by atoms with Crippen LogP contribution in [0, 0.1) is 0 Å². The summed E-state index contributed by atoms with van der Waals surface area (Å²) in [5.74, 6) is 1.23. The van der Waals surface area contributed by atoms with E-state index in [1.807, 2.05) is 12.1 Å². The van der Waals surface area contributed by atoms with Crippen LogP contribution in [0.3, 0.4) is 0 Å². The molecule has 3 rings (SSSR count). The van der Waals surface area contributed by atoms with Crippen molar-refractivity contribution in [2.24, 2.45) is 0 Å². The summed E-state index contributed by atoms with van der Waals surface area (Å²) in [4.78, 5) is 13.3. The Hall–Kier alpha value is -2.70. The minimum absolute atomic E-state index is 0.164. The SMILES string of the molecule is COc1cc2c(cc1OC)C(CCc1ccc(C(F)(F)F)cc1)N(C=O)CC2. The molecule has 1 heterocycles. The molecule has 0 aliphatic carbocycles. The molecule has 4 nitrogen and oxygen atoms in total. The highest BCUT2D eigenvalue weighted by Crippen LogP contribution is 2.39. The largest absolute Gasteiger partial charge is 0.493 e. The summed E-state index contributed by atoms with van der Waals surface area (Å²) in [6.45, 7) is 0.587. The number of carbonyl (C=O) groups is 1. The normalized spacial score (nSPS) is 16.5. The van der Waals surface area contributed by atoms with Crippen molar-refractivity contribution in [3.05, 3.63) is 58.7 Å². The van der Waals surface area contributed by atoms with E-state index < -0.39 is 11.7 Å². The van der Waals surface area contributed by atoms with Crippen molar-refractivity contribution < 1.29 is 27.4 Å². The number of nitrogens with zero attached hydrogens (tertiary/aromatic N) is 1. The van der Waals surface area contributed by atoms with E-state index in [9.17, 15) is 18.0 Å². The second-order valence-electron chi connectivity index (χ2n) is 6.75. The Morgan fingerprint density at radius 1 is 1.11 bits per heavy atom. The summed E-state index contributed by atoms with van der Waals surface area (Å²) in [5.41, 5.74) is 2.22. The van der Waals surface area contributed by atoms with Crippen molar-refractivity contribution in [2.45, 2.75) is 31.5 Å². The van der Waals surface area contributed by atoms with Crippen LogP contribution >= 0.6 is 0 Å². The smallest absolute Gasteiger partial charge is 0.416 e. The van der Waals surface area contributed by atoms with Crippen molar-refractivity contribution in [1.29, 1.82) is 0 Å². The quantitative estimate of drug-likeness (QED) is 0.683. The third-order valence-corrected chi connectivity index (χ3v) is 5.17. The van der Waals surface area contributed by atoms with Gasteiger partial charge in [0.1, 0.15) is 0 Å². The number of carbonyl (C=O) groups excluding carboxylic acids is 1. The van der Waals surface area contributed by atoms with Crippen LogP contribution in [-0.2, 0) is 23.8 Å². The molecular weight excluding hydrogens is 371 g/mol. The van der Waals surface area contributed by atoms with Crippen LogP contribution in [0.25, 0.3) is 0 Å². The maximum Gasteiger partial charge on any atom is 0.416 e. The zero-order chi connectivity index (χ0) is 20.3. The maximum absolute atomic E-state index is 12.7. The van der Waals surface area contributed by atoms with Crippen molar-refractivity contribution in [1.82, 2.24) is 4.90 Å². The van der Waals surface area contributed by atoms with Crippen molar-refractivity contribution in [2.75, 3.05) is 20.8 Å². The first-order valence-electron chi connectivity index (χ1n) is 8.99. The lowest BCUT2D eigenvalue weighted by Crippen LogP contribution is -2.34. The molecule has 0 fully saturated rings. The molecule has 2 aromatic rings. The molecule has 0 saturated heterocycles. The first kappa shape index (κ1) is 20.0. The summed E-state index contributed by atoms with van der Waals surface area (Å²) >= 11 is 0. The highest BCUT2D eigenvalue weighted by atomic mass is 19.4. The highest BCUT2D eigenvalue weighted by Gasteiger charge is 2.30. The predicted octanol–water partition coefficient (Wildman–Crippen LogP) is 4.41. The standard InChI is InChI=1S/C21H22F3NO3/c1-27-19-11-15-9-10-25(13-26)18(17(15)12-20(19)28-2)8-5-14-3-6-16(7-4-14)21(22,23)24/h3-4,6-7,11-13,18H,5,8-10H2,1-2H3. The molecule has 1 atom stereocenters. The summed E-state index contributed by atoms with van der Waals surface area (Å²) in [6.07, 6.45) is -1.64. The Balaban J connectivity index is 1.83. The van der Waals surface area contributed by atoms with Gasteiger partial charge in [-0.05, 0) is 60.2 Å². The molecule has 1 amide bonds. The van der Waals surface area contributed by atoms with Crippen LogP contribution < -0.4 is 9.47 Å². The van der Waals surface area contributed by atoms with Gasteiger partial charge in [-0.3, -0.25) is 4.79 Å². The molecular formula is C21H22F3NO3. The third-order valence-electron chi connectivity index (χ3n) is 5.17. The van der Waals surface area contributed by atoms with E-state index in [-0.39, 0.29) is 6.04 Å². The molecule has 1 aliphatic rings. The van der Waals surface area contributed by atoms with Crippen LogP contribution in [-0.4, -0.2) is 32.1 Å². The number of hydrogen-bond acceptors (Lipinski definition) is 3. The fourth-order valence-corrected chi connectivity index (χ4v) is 3.66. The number of hydrogen-bond donors (Lipinski definition) is 0. The van der Waals surface area contributed by atoms with Crippen molar-refractivity contribution in [3.63, 3.8) is 0 Å². The number of alkyl halides is 3. The maximum atomic E-state index is 12.7. The van der Waals surface area contributed by atoms with Gasteiger partial charge in [0.15, 0.2) is 11.5 Å². The number of halogens is 3. The Bertz CT molecular complexity index is 834. The Kier molecular flexibility index (Phi) is 5.82. The molecule has 0 radical (unpaired) electrons. The van der Waals surface area contributed by atoms with Crippen molar-refractivity contribution in [3.8, 4) is 11.5 Å². The van der Waals surface area contributed by atoms with Gasteiger partial charge in [-0.15, -0.1) is 0 Å². The zero-order valence-corrected chi connectivity index (χ0v) is 15.8. The molecule has 1 aliphatic heterocycles. The number of fused-ring (bicyclic) bond motifs is 1. The lowest BCUT2D eigenvalue weighted by atomic mass is 9.88.